The van der Waals surface area contributed by atoms with Gasteiger partial charge in [-0.05, 0) is 67.7 Å². The number of benzene rings is 3. The SMILES string of the molecule is CC(Sc1ccc(NC(=S)Nc2ccccc2)cc1)C(=O)Nc1ccccc1. The van der Waals surface area contributed by atoms with Crippen molar-refractivity contribution in [3.8, 4) is 0 Å². The third-order valence-electron chi connectivity index (χ3n) is 3.87. The Morgan fingerprint density at radius 3 is 1.75 bits per heavy atom. The van der Waals surface area contributed by atoms with Crippen molar-refractivity contribution in [1.29, 1.82) is 0 Å². The number of thioether (sulfide) groups is 1. The van der Waals surface area contributed by atoms with E-state index in [-0.39, 0.29) is 11.2 Å². The number of rotatable bonds is 6. The van der Waals surface area contributed by atoms with E-state index in [0.29, 0.717) is 5.11 Å². The van der Waals surface area contributed by atoms with Crippen LogP contribution in [0.3, 0.4) is 0 Å². The molecule has 6 heteroatoms. The van der Waals surface area contributed by atoms with Crippen molar-refractivity contribution in [1.82, 2.24) is 0 Å². The van der Waals surface area contributed by atoms with Gasteiger partial charge in [0.05, 0.1) is 5.25 Å². The topological polar surface area (TPSA) is 53.2 Å². The van der Waals surface area contributed by atoms with Gasteiger partial charge in [0.25, 0.3) is 0 Å². The molecule has 0 saturated heterocycles. The van der Waals surface area contributed by atoms with Crippen molar-refractivity contribution >= 4 is 52.1 Å². The number of hydrogen-bond acceptors (Lipinski definition) is 3. The van der Waals surface area contributed by atoms with E-state index >= 15 is 0 Å². The van der Waals surface area contributed by atoms with Crippen LogP contribution in [0.25, 0.3) is 0 Å². The van der Waals surface area contributed by atoms with Gasteiger partial charge >= 0.3 is 0 Å². The minimum absolute atomic E-state index is 0.0216. The lowest BCUT2D eigenvalue weighted by atomic mass is 10.3. The molecule has 0 heterocycles. The van der Waals surface area contributed by atoms with Gasteiger partial charge in [-0.1, -0.05) is 36.4 Å². The summed E-state index contributed by atoms with van der Waals surface area (Å²) in [5, 5.41) is 9.54. The summed E-state index contributed by atoms with van der Waals surface area (Å²) < 4.78 is 0. The monoisotopic (exact) mass is 407 g/mol. The molecule has 4 nitrogen and oxygen atoms in total. The lowest BCUT2D eigenvalue weighted by Crippen LogP contribution is -2.22. The molecule has 28 heavy (non-hydrogen) atoms. The molecule has 0 aromatic heterocycles. The minimum atomic E-state index is -0.208. The van der Waals surface area contributed by atoms with E-state index in [1.807, 2.05) is 91.9 Å². The third-order valence-corrected chi connectivity index (χ3v) is 5.18. The Hall–Kier alpha value is -2.83. The van der Waals surface area contributed by atoms with Crippen LogP contribution in [0, 0.1) is 0 Å². The third kappa shape index (κ3) is 6.11. The Kier molecular flexibility index (Phi) is 7.06. The largest absolute Gasteiger partial charge is 0.332 e. The van der Waals surface area contributed by atoms with E-state index in [4.69, 9.17) is 12.2 Å². The quantitative estimate of drug-likeness (QED) is 0.366. The Morgan fingerprint density at radius 1 is 0.750 bits per heavy atom. The molecule has 142 valence electrons. The number of nitrogens with one attached hydrogen (secondary N) is 3. The van der Waals surface area contributed by atoms with Crippen LogP contribution in [0.2, 0.25) is 0 Å². The zero-order valence-corrected chi connectivity index (χ0v) is 17.0. The number of anilines is 3. The Morgan fingerprint density at radius 2 is 1.21 bits per heavy atom. The lowest BCUT2D eigenvalue weighted by molar-refractivity contribution is -0.115. The summed E-state index contributed by atoms with van der Waals surface area (Å²) in [6.45, 7) is 1.90. The summed E-state index contributed by atoms with van der Waals surface area (Å²) in [5.74, 6) is -0.0216. The summed E-state index contributed by atoms with van der Waals surface area (Å²) in [7, 11) is 0. The van der Waals surface area contributed by atoms with Gasteiger partial charge in [-0.25, -0.2) is 0 Å². The van der Waals surface area contributed by atoms with Crippen LogP contribution in [0.5, 0.6) is 0 Å². The van der Waals surface area contributed by atoms with Gasteiger partial charge in [0.15, 0.2) is 5.11 Å². The molecule has 0 aliphatic heterocycles. The van der Waals surface area contributed by atoms with Crippen LogP contribution in [-0.4, -0.2) is 16.3 Å². The molecule has 1 atom stereocenters. The predicted octanol–water partition coefficient (Wildman–Crippen LogP) is 5.61. The maximum absolute atomic E-state index is 12.3. The molecule has 3 aromatic rings. The number of hydrogen-bond donors (Lipinski definition) is 3. The molecule has 0 bridgehead atoms. The molecule has 0 saturated carbocycles. The van der Waals surface area contributed by atoms with Crippen molar-refractivity contribution in [3.05, 3.63) is 84.9 Å². The standard InChI is InChI=1S/C22H21N3OS2/c1-16(21(26)23-17-8-4-2-5-9-17)28-20-14-12-19(13-15-20)25-22(27)24-18-10-6-3-7-11-18/h2-16H,1H3,(H,23,26)(H2,24,25,27). The van der Waals surface area contributed by atoms with Gasteiger partial charge in [0.2, 0.25) is 5.91 Å². The normalized spacial score (nSPS) is 11.3. The van der Waals surface area contributed by atoms with Gasteiger partial charge in [0, 0.05) is 22.0 Å². The summed E-state index contributed by atoms with van der Waals surface area (Å²) in [6.07, 6.45) is 0. The fourth-order valence-corrected chi connectivity index (χ4v) is 3.56. The molecule has 0 aliphatic rings. The average Bonchev–Trinajstić information content (AvgIpc) is 2.71. The number of para-hydroxylation sites is 2. The zero-order valence-electron chi connectivity index (χ0n) is 15.4. The summed E-state index contributed by atoms with van der Waals surface area (Å²) in [5.41, 5.74) is 2.63. The predicted molar refractivity (Wildman–Crippen MR) is 123 cm³/mol. The van der Waals surface area contributed by atoms with E-state index in [1.165, 1.54) is 11.8 Å². The van der Waals surface area contributed by atoms with E-state index in [0.717, 1.165) is 22.0 Å². The fourth-order valence-electron chi connectivity index (χ4n) is 2.45. The molecule has 3 N–H and O–H groups in total. The molecule has 0 spiro atoms. The first-order valence-corrected chi connectivity index (χ1v) is 10.1. The minimum Gasteiger partial charge on any atom is -0.332 e. The first kappa shape index (κ1) is 19.9. The van der Waals surface area contributed by atoms with E-state index in [9.17, 15) is 4.79 Å². The lowest BCUT2D eigenvalue weighted by Gasteiger charge is -2.13. The number of carbonyl (C=O) groups is 1. The molecular formula is C22H21N3OS2. The highest BCUT2D eigenvalue weighted by Crippen LogP contribution is 2.25. The van der Waals surface area contributed by atoms with Gasteiger partial charge in [-0.2, -0.15) is 0 Å². The van der Waals surface area contributed by atoms with E-state index < -0.39 is 0 Å². The van der Waals surface area contributed by atoms with E-state index in [2.05, 4.69) is 16.0 Å². The molecule has 0 aliphatic carbocycles. The highest BCUT2D eigenvalue weighted by Gasteiger charge is 2.14. The van der Waals surface area contributed by atoms with Crippen molar-refractivity contribution in [2.45, 2.75) is 17.1 Å². The molecule has 0 radical (unpaired) electrons. The van der Waals surface area contributed by atoms with Crippen LogP contribution < -0.4 is 16.0 Å². The van der Waals surface area contributed by atoms with E-state index in [1.54, 1.807) is 0 Å². The molecular weight excluding hydrogens is 386 g/mol. The Balaban J connectivity index is 1.51. The van der Waals surface area contributed by atoms with Gasteiger partial charge in [0.1, 0.15) is 0 Å². The van der Waals surface area contributed by atoms with Gasteiger partial charge < -0.3 is 16.0 Å². The Labute approximate surface area is 174 Å². The molecule has 0 fully saturated rings. The second-order valence-corrected chi connectivity index (χ2v) is 7.91. The zero-order chi connectivity index (χ0) is 19.8. The van der Waals surface area contributed by atoms with Crippen molar-refractivity contribution in [2.24, 2.45) is 0 Å². The van der Waals surface area contributed by atoms with Gasteiger partial charge in [-0.3, -0.25) is 4.79 Å². The van der Waals surface area contributed by atoms with Crippen LogP contribution in [-0.2, 0) is 4.79 Å². The maximum atomic E-state index is 12.3. The molecule has 1 amide bonds. The second kappa shape index (κ2) is 9.92. The van der Waals surface area contributed by atoms with Gasteiger partial charge in [-0.15, -0.1) is 11.8 Å². The molecule has 3 aromatic carbocycles. The van der Waals surface area contributed by atoms with Crippen LogP contribution in [0.1, 0.15) is 6.92 Å². The van der Waals surface area contributed by atoms with Crippen LogP contribution >= 0.6 is 24.0 Å². The van der Waals surface area contributed by atoms with Crippen LogP contribution in [0.4, 0.5) is 17.1 Å². The molecule has 1 unspecified atom stereocenters. The van der Waals surface area contributed by atoms with Crippen molar-refractivity contribution in [3.63, 3.8) is 0 Å². The number of carbonyl (C=O) groups excluding carboxylic acids is 1. The summed E-state index contributed by atoms with van der Waals surface area (Å²) in [4.78, 5) is 13.3. The smallest absolute Gasteiger partial charge is 0.237 e. The first-order valence-electron chi connectivity index (χ1n) is 8.86. The van der Waals surface area contributed by atoms with Crippen LogP contribution in [0.15, 0.2) is 89.8 Å². The van der Waals surface area contributed by atoms with Crippen molar-refractivity contribution < 1.29 is 4.79 Å². The first-order chi connectivity index (χ1) is 13.6. The molecule has 3 rings (SSSR count). The number of amides is 1. The second-order valence-electron chi connectivity index (χ2n) is 6.08. The highest BCUT2D eigenvalue weighted by molar-refractivity contribution is 8.00. The average molecular weight is 408 g/mol. The fraction of sp³-hybridized carbons (Fsp3) is 0.0909. The maximum Gasteiger partial charge on any atom is 0.237 e. The highest BCUT2D eigenvalue weighted by atomic mass is 32.2. The summed E-state index contributed by atoms with van der Waals surface area (Å²) in [6, 6.07) is 27.1. The Bertz CT molecular complexity index is 916. The summed E-state index contributed by atoms with van der Waals surface area (Å²) >= 11 is 6.85. The number of thiocarbonyl (C=S) groups is 1. The van der Waals surface area contributed by atoms with Crippen molar-refractivity contribution in [2.75, 3.05) is 16.0 Å².